The third kappa shape index (κ3) is 7.49. The van der Waals surface area contributed by atoms with Crippen molar-refractivity contribution >= 4 is 14.4 Å². The molecule has 0 unspecified atom stereocenters. The zero-order valence-corrected chi connectivity index (χ0v) is 12.5. The van der Waals surface area contributed by atoms with Crippen molar-refractivity contribution in [2.24, 2.45) is 16.7 Å². The molecule has 0 saturated heterocycles. The van der Waals surface area contributed by atoms with Crippen LogP contribution in [0.3, 0.4) is 0 Å². The molecular weight excluding hydrogens is 235 g/mol. The molecule has 0 bridgehead atoms. The maximum absolute atomic E-state index is 10.8. The summed E-state index contributed by atoms with van der Waals surface area (Å²) in [5.41, 5.74) is 0.218. The molecule has 0 amide bonds. The van der Waals surface area contributed by atoms with Crippen LogP contribution in [0.1, 0.15) is 53.9 Å². The fraction of sp³-hybridized carbons (Fsp3) is 0.923. The zero-order valence-electron chi connectivity index (χ0n) is 11.6. The van der Waals surface area contributed by atoms with Crippen molar-refractivity contribution in [1.29, 1.82) is 0 Å². The SMILES string of the molecule is CC(C)(C)CC(C)(C)[C@H](CCC(=O)O)CP=O. The van der Waals surface area contributed by atoms with E-state index in [0.29, 0.717) is 12.6 Å². The van der Waals surface area contributed by atoms with Crippen molar-refractivity contribution in [2.75, 3.05) is 6.16 Å². The van der Waals surface area contributed by atoms with Gasteiger partial charge in [-0.2, -0.15) is 0 Å². The number of carboxylic acid groups (broad SMARTS) is 1. The minimum atomic E-state index is -0.774. The van der Waals surface area contributed by atoms with E-state index >= 15 is 0 Å². The van der Waals surface area contributed by atoms with Gasteiger partial charge in [0.05, 0.1) is 0 Å². The normalized spacial score (nSPS) is 14.9. The first-order valence-electron chi connectivity index (χ1n) is 6.09. The molecule has 1 atom stereocenters. The molecule has 0 aromatic heterocycles. The molecule has 0 aromatic carbocycles. The van der Waals surface area contributed by atoms with E-state index in [-0.39, 0.29) is 31.6 Å². The van der Waals surface area contributed by atoms with Gasteiger partial charge >= 0.3 is 5.97 Å². The summed E-state index contributed by atoms with van der Waals surface area (Å²) in [6.45, 7) is 10.8. The minimum Gasteiger partial charge on any atom is -0.481 e. The molecule has 100 valence electrons. The lowest BCUT2D eigenvalue weighted by atomic mass is 9.68. The standard InChI is InChI=1S/C13H25O3P/c1-12(2,3)9-13(4,5)10(8-17-16)6-7-11(14)15/h10H,6-9H2,1-5H3,(H,14,15)/t10-/m1/s1. The third-order valence-corrected chi connectivity index (χ3v) is 3.68. The largest absolute Gasteiger partial charge is 0.481 e. The first-order chi connectivity index (χ1) is 7.58. The van der Waals surface area contributed by atoms with Gasteiger partial charge in [-0.15, -0.1) is 0 Å². The fourth-order valence-electron chi connectivity index (χ4n) is 2.63. The molecule has 0 aliphatic carbocycles. The van der Waals surface area contributed by atoms with Gasteiger partial charge < -0.3 is 5.11 Å². The molecule has 0 aromatic rings. The van der Waals surface area contributed by atoms with E-state index in [1.807, 2.05) is 0 Å². The Morgan fingerprint density at radius 2 is 1.76 bits per heavy atom. The van der Waals surface area contributed by atoms with Crippen LogP contribution in [-0.4, -0.2) is 17.2 Å². The van der Waals surface area contributed by atoms with Gasteiger partial charge in [-0.1, -0.05) is 34.6 Å². The molecule has 0 heterocycles. The van der Waals surface area contributed by atoms with E-state index in [2.05, 4.69) is 34.6 Å². The first-order valence-corrected chi connectivity index (χ1v) is 7.09. The quantitative estimate of drug-likeness (QED) is 0.697. The molecule has 4 heteroatoms. The van der Waals surface area contributed by atoms with Gasteiger partial charge in [0.25, 0.3) is 0 Å². The lowest BCUT2D eigenvalue weighted by Crippen LogP contribution is -2.30. The Hall–Kier alpha value is -0.430. The summed E-state index contributed by atoms with van der Waals surface area (Å²) in [6.07, 6.45) is 2.32. The molecule has 0 aliphatic heterocycles. The Balaban J connectivity index is 4.64. The van der Waals surface area contributed by atoms with Crippen molar-refractivity contribution in [1.82, 2.24) is 0 Å². The number of carbonyl (C=O) groups is 1. The smallest absolute Gasteiger partial charge is 0.303 e. The Bertz CT molecular complexity index is 266. The van der Waals surface area contributed by atoms with Gasteiger partial charge in [-0.25, -0.2) is 0 Å². The highest BCUT2D eigenvalue weighted by molar-refractivity contribution is 7.23. The van der Waals surface area contributed by atoms with Crippen LogP contribution in [0.15, 0.2) is 0 Å². The van der Waals surface area contributed by atoms with Gasteiger partial charge in [0, 0.05) is 12.6 Å². The summed E-state index contributed by atoms with van der Waals surface area (Å²) in [6, 6.07) is 0. The van der Waals surface area contributed by atoms with Gasteiger partial charge in [0.1, 0.15) is 0 Å². The third-order valence-electron chi connectivity index (χ3n) is 3.09. The molecule has 3 nitrogen and oxygen atoms in total. The Morgan fingerprint density at radius 1 is 1.24 bits per heavy atom. The second-order valence-electron chi connectivity index (χ2n) is 6.67. The Kier molecular flexibility index (Phi) is 6.32. The Morgan fingerprint density at radius 3 is 2.12 bits per heavy atom. The zero-order chi connectivity index (χ0) is 13.7. The molecule has 0 saturated carbocycles. The maximum atomic E-state index is 10.8. The number of aliphatic carboxylic acids is 1. The van der Waals surface area contributed by atoms with Crippen LogP contribution in [0.25, 0.3) is 0 Å². The van der Waals surface area contributed by atoms with Crippen LogP contribution in [0.5, 0.6) is 0 Å². The molecule has 0 spiro atoms. The van der Waals surface area contributed by atoms with Crippen LogP contribution in [0, 0.1) is 16.7 Å². The monoisotopic (exact) mass is 260 g/mol. The van der Waals surface area contributed by atoms with E-state index in [0.717, 1.165) is 6.42 Å². The van der Waals surface area contributed by atoms with Crippen molar-refractivity contribution in [3.8, 4) is 0 Å². The van der Waals surface area contributed by atoms with Crippen molar-refractivity contribution in [3.05, 3.63) is 0 Å². The van der Waals surface area contributed by atoms with Gasteiger partial charge in [-0.05, 0) is 29.6 Å². The first kappa shape index (κ1) is 16.6. The summed E-state index contributed by atoms with van der Waals surface area (Å²) in [5.74, 6) is -0.582. The lowest BCUT2D eigenvalue weighted by molar-refractivity contribution is -0.137. The molecule has 17 heavy (non-hydrogen) atoms. The second-order valence-corrected chi connectivity index (χ2v) is 7.29. The van der Waals surface area contributed by atoms with E-state index in [1.54, 1.807) is 0 Å². The predicted octanol–water partition coefficient (Wildman–Crippen LogP) is 4.22. The van der Waals surface area contributed by atoms with Crippen LogP contribution in [-0.2, 0) is 9.36 Å². The number of hydrogen-bond acceptors (Lipinski definition) is 2. The van der Waals surface area contributed by atoms with Crippen LogP contribution >= 0.6 is 8.46 Å². The highest BCUT2D eigenvalue weighted by Gasteiger charge is 2.33. The summed E-state index contributed by atoms with van der Waals surface area (Å²) >= 11 is 0. The summed E-state index contributed by atoms with van der Waals surface area (Å²) < 4.78 is 10.8. The molecule has 0 aliphatic rings. The van der Waals surface area contributed by atoms with Gasteiger partial charge in [0.2, 0.25) is 0 Å². The number of rotatable bonds is 7. The fourth-order valence-corrected chi connectivity index (χ4v) is 3.48. The molecule has 0 radical (unpaired) electrons. The second kappa shape index (κ2) is 6.49. The predicted molar refractivity (Wildman–Crippen MR) is 70.7 cm³/mol. The average Bonchev–Trinajstić information content (AvgIpc) is 2.07. The summed E-state index contributed by atoms with van der Waals surface area (Å²) in [4.78, 5) is 10.6. The minimum absolute atomic E-state index is 0.0190. The van der Waals surface area contributed by atoms with Crippen molar-refractivity contribution in [3.63, 3.8) is 0 Å². The molecular formula is C13H25O3P. The van der Waals surface area contributed by atoms with Gasteiger partial charge in [0.15, 0.2) is 8.46 Å². The van der Waals surface area contributed by atoms with E-state index in [1.165, 1.54) is 0 Å². The molecule has 0 rings (SSSR count). The highest BCUT2D eigenvalue weighted by Crippen LogP contribution is 2.42. The van der Waals surface area contributed by atoms with E-state index in [9.17, 15) is 9.36 Å². The van der Waals surface area contributed by atoms with Gasteiger partial charge in [-0.3, -0.25) is 9.36 Å². The Labute approximate surface area is 106 Å². The van der Waals surface area contributed by atoms with Crippen LogP contribution in [0.4, 0.5) is 0 Å². The summed E-state index contributed by atoms with van der Waals surface area (Å²) in [7, 11) is 0.115. The molecule has 1 N–H and O–H groups in total. The van der Waals surface area contributed by atoms with Crippen molar-refractivity contribution < 1.29 is 14.5 Å². The topological polar surface area (TPSA) is 54.4 Å². The highest BCUT2D eigenvalue weighted by atomic mass is 31.1. The van der Waals surface area contributed by atoms with Crippen molar-refractivity contribution in [2.45, 2.75) is 53.9 Å². The number of hydrogen-bond donors (Lipinski definition) is 1. The number of carboxylic acids is 1. The van der Waals surface area contributed by atoms with E-state index < -0.39 is 5.97 Å². The average molecular weight is 260 g/mol. The molecule has 0 fully saturated rings. The van der Waals surface area contributed by atoms with Crippen LogP contribution < -0.4 is 0 Å². The van der Waals surface area contributed by atoms with Crippen LogP contribution in [0.2, 0.25) is 0 Å². The summed E-state index contributed by atoms with van der Waals surface area (Å²) in [5, 5.41) is 8.75. The lowest BCUT2D eigenvalue weighted by Gasteiger charge is -2.38. The maximum Gasteiger partial charge on any atom is 0.303 e. The van der Waals surface area contributed by atoms with E-state index in [4.69, 9.17) is 5.11 Å².